The number of anilines is 2. The van der Waals surface area contributed by atoms with Gasteiger partial charge in [-0.1, -0.05) is 20.8 Å². The minimum absolute atomic E-state index is 0.207. The van der Waals surface area contributed by atoms with E-state index < -0.39 is 5.82 Å². The number of hydrogen-bond donors (Lipinski definition) is 2. The molecule has 1 atom stereocenters. The monoisotopic (exact) mass is 298 g/mol. The molecule has 2 N–H and O–H groups in total. The van der Waals surface area contributed by atoms with E-state index in [2.05, 4.69) is 38.3 Å². The Labute approximate surface area is 124 Å². The van der Waals surface area contributed by atoms with Crippen LogP contribution in [0.4, 0.5) is 15.8 Å². The van der Waals surface area contributed by atoms with Gasteiger partial charge in [-0.3, -0.25) is 4.79 Å². The Morgan fingerprint density at radius 1 is 1.40 bits per heavy atom. The van der Waals surface area contributed by atoms with Crippen molar-refractivity contribution >= 4 is 29.0 Å². The van der Waals surface area contributed by atoms with E-state index in [0.29, 0.717) is 0 Å². The van der Waals surface area contributed by atoms with Gasteiger partial charge in [0.1, 0.15) is 5.82 Å². The lowest BCUT2D eigenvalue weighted by atomic mass is 10.2. The van der Waals surface area contributed by atoms with Crippen LogP contribution < -0.4 is 10.6 Å². The first-order valence-electron chi connectivity index (χ1n) is 6.65. The number of hydrogen-bond acceptors (Lipinski definition) is 3. The maximum atomic E-state index is 13.5. The summed E-state index contributed by atoms with van der Waals surface area (Å²) < 4.78 is 13.7. The molecule has 20 heavy (non-hydrogen) atoms. The third kappa shape index (κ3) is 6.28. The molecule has 3 nitrogen and oxygen atoms in total. The van der Waals surface area contributed by atoms with Crippen LogP contribution in [0.25, 0.3) is 0 Å². The molecule has 112 valence electrons. The average Bonchev–Trinajstić information content (AvgIpc) is 2.29. The molecule has 0 aromatic heterocycles. The first-order valence-corrected chi connectivity index (χ1v) is 7.63. The molecule has 5 heteroatoms. The Hall–Kier alpha value is -1.23. The first kappa shape index (κ1) is 16.8. The van der Waals surface area contributed by atoms with Crippen LogP contribution in [0.2, 0.25) is 0 Å². The molecule has 1 rings (SSSR count). The Morgan fingerprint density at radius 3 is 2.60 bits per heavy atom. The highest BCUT2D eigenvalue weighted by Gasteiger charge is 2.13. The van der Waals surface area contributed by atoms with Gasteiger partial charge in [0.25, 0.3) is 0 Å². The predicted octanol–water partition coefficient (Wildman–Crippen LogP) is 4.12. The van der Waals surface area contributed by atoms with Gasteiger partial charge in [-0.05, 0) is 25.1 Å². The van der Waals surface area contributed by atoms with Crippen molar-refractivity contribution in [3.05, 3.63) is 24.0 Å². The minimum Gasteiger partial charge on any atom is -0.382 e. The van der Waals surface area contributed by atoms with E-state index >= 15 is 0 Å². The lowest BCUT2D eigenvalue weighted by Gasteiger charge is -2.22. The van der Waals surface area contributed by atoms with E-state index in [9.17, 15) is 9.18 Å². The van der Waals surface area contributed by atoms with Gasteiger partial charge in [0, 0.05) is 29.2 Å². The van der Waals surface area contributed by atoms with Gasteiger partial charge < -0.3 is 10.6 Å². The molecule has 0 radical (unpaired) electrons. The summed E-state index contributed by atoms with van der Waals surface area (Å²) in [4.78, 5) is 11.0. The van der Waals surface area contributed by atoms with Gasteiger partial charge in [0.05, 0.1) is 5.69 Å². The zero-order valence-corrected chi connectivity index (χ0v) is 13.5. The van der Waals surface area contributed by atoms with Crippen molar-refractivity contribution < 1.29 is 9.18 Å². The van der Waals surface area contributed by atoms with Crippen LogP contribution in [0.15, 0.2) is 18.2 Å². The summed E-state index contributed by atoms with van der Waals surface area (Å²) in [5, 5.41) is 5.80. The fourth-order valence-electron chi connectivity index (χ4n) is 1.60. The second kappa shape index (κ2) is 6.97. The van der Waals surface area contributed by atoms with Crippen LogP contribution in [0.1, 0.15) is 34.6 Å². The number of amides is 1. The largest absolute Gasteiger partial charge is 0.382 e. The predicted molar refractivity (Wildman–Crippen MR) is 86.0 cm³/mol. The van der Waals surface area contributed by atoms with Crippen molar-refractivity contribution in [1.82, 2.24) is 0 Å². The standard InChI is InChI=1S/C15H23FN2OS/c1-10(9-20-15(3,4)5)17-12-6-7-13(16)14(8-12)18-11(2)19/h6-8,10,17H,9H2,1-5H3,(H,18,19)/t10-/m0/s1. The molecule has 0 fully saturated rings. The topological polar surface area (TPSA) is 41.1 Å². The Balaban J connectivity index is 2.65. The van der Waals surface area contributed by atoms with E-state index in [-0.39, 0.29) is 22.4 Å². The minimum atomic E-state index is -0.428. The Kier molecular flexibility index (Phi) is 5.87. The lowest BCUT2D eigenvalue weighted by molar-refractivity contribution is -0.114. The molecule has 1 amide bonds. The zero-order valence-electron chi connectivity index (χ0n) is 12.7. The van der Waals surface area contributed by atoms with E-state index in [0.717, 1.165) is 11.4 Å². The summed E-state index contributed by atoms with van der Waals surface area (Å²) in [6.45, 7) is 9.98. The van der Waals surface area contributed by atoms with Gasteiger partial charge >= 0.3 is 0 Å². The Bertz CT molecular complexity index is 471. The van der Waals surface area contributed by atoms with Crippen molar-refractivity contribution in [1.29, 1.82) is 0 Å². The Morgan fingerprint density at radius 2 is 2.05 bits per heavy atom. The molecular weight excluding hydrogens is 275 g/mol. The highest BCUT2D eigenvalue weighted by molar-refractivity contribution is 8.00. The molecule has 0 aliphatic rings. The van der Waals surface area contributed by atoms with Crippen LogP contribution in [0.3, 0.4) is 0 Å². The van der Waals surface area contributed by atoms with Crippen LogP contribution in [-0.2, 0) is 4.79 Å². The molecule has 0 bridgehead atoms. The van der Waals surface area contributed by atoms with E-state index in [4.69, 9.17) is 0 Å². The summed E-state index contributed by atoms with van der Waals surface area (Å²) in [6, 6.07) is 4.92. The molecular formula is C15H23FN2OS. The highest BCUT2D eigenvalue weighted by atomic mass is 32.2. The zero-order chi connectivity index (χ0) is 15.3. The fraction of sp³-hybridized carbons (Fsp3) is 0.533. The summed E-state index contributed by atoms with van der Waals surface area (Å²) in [5.74, 6) is 0.246. The van der Waals surface area contributed by atoms with Crippen LogP contribution in [0.5, 0.6) is 0 Å². The summed E-state index contributed by atoms with van der Waals surface area (Å²) in [5.41, 5.74) is 1.01. The highest BCUT2D eigenvalue weighted by Crippen LogP contribution is 2.25. The molecule has 0 aliphatic carbocycles. The number of thioether (sulfide) groups is 1. The molecule has 1 aromatic rings. The molecule has 0 spiro atoms. The molecule has 0 saturated carbocycles. The third-order valence-electron chi connectivity index (χ3n) is 2.46. The van der Waals surface area contributed by atoms with Crippen LogP contribution >= 0.6 is 11.8 Å². The fourth-order valence-corrected chi connectivity index (χ4v) is 2.44. The number of nitrogens with one attached hydrogen (secondary N) is 2. The van der Waals surface area contributed by atoms with Crippen molar-refractivity contribution in [2.45, 2.75) is 45.4 Å². The van der Waals surface area contributed by atoms with E-state index in [1.807, 2.05) is 11.8 Å². The average molecular weight is 298 g/mol. The van der Waals surface area contributed by atoms with Crippen molar-refractivity contribution in [2.75, 3.05) is 16.4 Å². The van der Waals surface area contributed by atoms with Gasteiger partial charge in [-0.2, -0.15) is 11.8 Å². The van der Waals surface area contributed by atoms with Crippen molar-refractivity contribution in [3.63, 3.8) is 0 Å². The number of benzene rings is 1. The van der Waals surface area contributed by atoms with E-state index in [1.54, 1.807) is 12.1 Å². The SMILES string of the molecule is CC(=O)Nc1cc(N[C@@H](C)CSC(C)(C)C)ccc1F. The molecule has 1 aromatic carbocycles. The van der Waals surface area contributed by atoms with Crippen molar-refractivity contribution in [2.24, 2.45) is 0 Å². The summed E-state index contributed by atoms with van der Waals surface area (Å²) in [7, 11) is 0. The smallest absolute Gasteiger partial charge is 0.221 e. The molecule has 0 saturated heterocycles. The molecule has 0 heterocycles. The summed E-state index contributed by atoms with van der Waals surface area (Å²) >= 11 is 1.87. The maximum Gasteiger partial charge on any atom is 0.221 e. The maximum absolute atomic E-state index is 13.5. The first-order chi connectivity index (χ1) is 9.17. The number of halogens is 1. The van der Waals surface area contributed by atoms with Gasteiger partial charge in [0.15, 0.2) is 0 Å². The molecule has 0 aliphatic heterocycles. The summed E-state index contributed by atoms with van der Waals surface area (Å²) in [6.07, 6.45) is 0. The van der Waals surface area contributed by atoms with Crippen LogP contribution in [0, 0.1) is 5.82 Å². The lowest BCUT2D eigenvalue weighted by Crippen LogP contribution is -2.21. The van der Waals surface area contributed by atoms with Crippen molar-refractivity contribution in [3.8, 4) is 0 Å². The van der Waals surface area contributed by atoms with Gasteiger partial charge in [0.2, 0.25) is 5.91 Å². The molecule has 0 unspecified atom stereocenters. The van der Waals surface area contributed by atoms with Crippen LogP contribution in [-0.4, -0.2) is 22.4 Å². The number of carbonyl (C=O) groups is 1. The third-order valence-corrected chi connectivity index (χ3v) is 3.99. The van der Waals surface area contributed by atoms with E-state index in [1.165, 1.54) is 13.0 Å². The van der Waals surface area contributed by atoms with Gasteiger partial charge in [-0.15, -0.1) is 0 Å². The number of rotatable bonds is 5. The second-order valence-corrected chi connectivity index (χ2v) is 7.69. The second-order valence-electron chi connectivity index (χ2n) is 5.84. The normalized spacial score (nSPS) is 12.9. The quantitative estimate of drug-likeness (QED) is 0.859. The number of carbonyl (C=O) groups excluding carboxylic acids is 1. The van der Waals surface area contributed by atoms with Gasteiger partial charge in [-0.25, -0.2) is 4.39 Å².